The van der Waals surface area contributed by atoms with Crippen LogP contribution in [0.4, 0.5) is 0 Å². The fourth-order valence-electron chi connectivity index (χ4n) is 6.02. The van der Waals surface area contributed by atoms with Crippen LogP contribution in [-0.4, -0.2) is 105 Å². The lowest BCUT2D eigenvalue weighted by molar-refractivity contribution is -0.135. The minimum atomic E-state index is -2.37. The van der Waals surface area contributed by atoms with Crippen LogP contribution in [0.25, 0.3) is 0 Å². The Morgan fingerprint density at radius 2 is 1.39 bits per heavy atom. The lowest BCUT2D eigenvalue weighted by atomic mass is 9.07. The first-order valence-corrected chi connectivity index (χ1v) is 10.4. The first kappa shape index (κ1) is 26.1. The van der Waals surface area contributed by atoms with E-state index in [1.165, 1.54) is 0 Å². The Labute approximate surface area is 204 Å². The zero-order valence-corrected chi connectivity index (χ0v) is 18.7. The molecule has 0 aromatic rings. The highest BCUT2D eigenvalue weighted by atomic mass is 16.5. The summed E-state index contributed by atoms with van der Waals surface area (Å²) in [7, 11) is 75.3. The van der Waals surface area contributed by atoms with Crippen LogP contribution in [0, 0.1) is 11.3 Å². The van der Waals surface area contributed by atoms with Gasteiger partial charge in [-0.15, -0.1) is 21.0 Å². The van der Waals surface area contributed by atoms with Crippen molar-refractivity contribution in [1.29, 1.82) is 0 Å². The molecule has 1 aliphatic heterocycles. The first-order chi connectivity index (χ1) is 13.5. The number of fused-ring (bicyclic) bond motifs is 1. The van der Waals surface area contributed by atoms with Crippen molar-refractivity contribution in [1.82, 2.24) is 0 Å². The molecule has 3 rings (SSSR count). The van der Waals surface area contributed by atoms with E-state index in [0.717, 1.165) is 12.8 Å². The predicted molar refractivity (Wildman–Crippen MR) is 137 cm³/mol. The third-order valence-corrected chi connectivity index (χ3v) is 8.33. The molecular weight excluding hydrogens is 362 g/mol. The maximum absolute atomic E-state index is 6.73. The van der Waals surface area contributed by atoms with Gasteiger partial charge >= 0.3 is 0 Å². The van der Waals surface area contributed by atoms with Gasteiger partial charge in [0.15, 0.2) is 0 Å². The van der Waals surface area contributed by atoms with Crippen LogP contribution < -0.4 is 0 Å². The average molecular weight is 380 g/mol. The quantitative estimate of drug-likeness (QED) is 0.602. The maximum atomic E-state index is 6.73. The van der Waals surface area contributed by atoms with Crippen molar-refractivity contribution in [2.45, 2.75) is 83.6 Å². The van der Waals surface area contributed by atoms with E-state index in [1.807, 2.05) is 20.8 Å². The third kappa shape index (κ3) is 3.23. The molecule has 1 heterocycles. The molecule has 1 spiro atoms. The number of rotatable bonds is 4. The standard InChI is InChI=1S/C18H18B12O/c1-11(2)8-4-5-12(3)7-14(20,21)10(19)9(13(12,6-8)31-11)15(22,23)16(24,25)17(26,27)18(28,29)30/h8H,4-7H2,1-3H3/t8-,12-,13+/m1/s1. The monoisotopic (exact) mass is 382 g/mol. The lowest BCUT2D eigenvalue weighted by Gasteiger charge is -2.69. The number of hydrogen-bond acceptors (Lipinski definition) is 1. The summed E-state index contributed by atoms with van der Waals surface area (Å²) in [6.07, 6.45) is 2.55. The Hall–Kier alpha value is 0.479. The second-order valence-corrected chi connectivity index (χ2v) is 11.1. The largest absolute Gasteiger partial charge is 0.364 e. The Kier molecular flexibility index (Phi) is 5.71. The molecule has 1 saturated carbocycles. The van der Waals surface area contributed by atoms with Crippen molar-refractivity contribution in [3.8, 4) is 0 Å². The summed E-state index contributed by atoms with van der Waals surface area (Å²) in [5, 5.41) is -10.6. The molecule has 31 heavy (non-hydrogen) atoms. The molecule has 0 aromatic heterocycles. The predicted octanol–water partition coefficient (Wildman–Crippen LogP) is -0.441. The summed E-state index contributed by atoms with van der Waals surface area (Å²) in [4.78, 5) is 0. The average Bonchev–Trinajstić information content (AvgIpc) is 2.77. The maximum Gasteiger partial charge on any atom is 0.106 e. The molecule has 24 radical (unpaired) electrons. The number of hydrogen-bond donors (Lipinski definition) is 0. The van der Waals surface area contributed by atoms with E-state index in [0.29, 0.717) is 12.8 Å². The van der Waals surface area contributed by atoms with E-state index in [4.69, 9.17) is 98.9 Å². The minimum absolute atomic E-state index is 0.0149. The Balaban J connectivity index is 2.33. The molecule has 0 unspecified atom stereocenters. The van der Waals surface area contributed by atoms with Crippen LogP contribution in [0.5, 0.6) is 0 Å². The molecule has 13 heteroatoms. The first-order valence-electron chi connectivity index (χ1n) is 10.4. The molecule has 132 valence electrons. The van der Waals surface area contributed by atoms with E-state index in [2.05, 4.69) is 0 Å². The van der Waals surface area contributed by atoms with Crippen LogP contribution >= 0.6 is 0 Å². The van der Waals surface area contributed by atoms with Gasteiger partial charge in [-0.25, -0.2) is 0 Å². The van der Waals surface area contributed by atoms with Crippen molar-refractivity contribution in [2.75, 3.05) is 0 Å². The zero-order valence-electron chi connectivity index (χ0n) is 18.7. The molecule has 2 bridgehead atoms. The van der Waals surface area contributed by atoms with Gasteiger partial charge in [-0.05, 0) is 44.4 Å². The van der Waals surface area contributed by atoms with Crippen LogP contribution in [-0.2, 0) is 4.74 Å². The van der Waals surface area contributed by atoms with Crippen molar-refractivity contribution < 1.29 is 4.74 Å². The molecule has 2 fully saturated rings. The zero-order chi connectivity index (χ0) is 24.3. The Bertz CT molecular complexity index is 811. The summed E-state index contributed by atoms with van der Waals surface area (Å²) < 4.78 is 6.73. The van der Waals surface area contributed by atoms with Crippen molar-refractivity contribution in [2.24, 2.45) is 11.3 Å². The normalized spacial score (nSPS) is 35.5. The van der Waals surface area contributed by atoms with Crippen LogP contribution in [0.1, 0.15) is 46.5 Å². The van der Waals surface area contributed by atoms with Gasteiger partial charge in [-0.3, -0.25) is 0 Å². The van der Waals surface area contributed by atoms with Crippen LogP contribution in [0.2, 0.25) is 26.0 Å². The van der Waals surface area contributed by atoms with E-state index >= 15 is 0 Å². The lowest BCUT2D eigenvalue weighted by Crippen LogP contribution is -2.61. The van der Waals surface area contributed by atoms with E-state index in [9.17, 15) is 0 Å². The molecule has 1 nitrogen and oxygen atoms in total. The highest BCUT2D eigenvalue weighted by Gasteiger charge is 2.69. The van der Waals surface area contributed by atoms with E-state index in [-0.39, 0.29) is 17.0 Å². The minimum Gasteiger partial charge on any atom is -0.364 e. The molecule has 3 atom stereocenters. The highest BCUT2D eigenvalue weighted by Crippen LogP contribution is 2.75. The SMILES string of the molecule is [B]C1=C(C([B])([B])C([B])([B])C([B])([B])C([B])([B])[B])[C@@]23C[C@@H](CC[C@]2(C)CC1([B])[B])C(C)(C)O3. The van der Waals surface area contributed by atoms with Crippen LogP contribution in [0.15, 0.2) is 11.0 Å². The summed E-state index contributed by atoms with van der Waals surface area (Å²) in [6, 6.07) is 0. The second-order valence-electron chi connectivity index (χ2n) is 11.1. The number of ether oxygens (including phenoxy) is 1. The molecule has 0 aromatic carbocycles. The smallest absolute Gasteiger partial charge is 0.106 e. The molecule has 3 aliphatic rings. The molecular formula is C18H18B12O. The highest BCUT2D eigenvalue weighted by molar-refractivity contribution is 6.72. The van der Waals surface area contributed by atoms with E-state index in [1.54, 1.807) is 0 Å². The van der Waals surface area contributed by atoms with Crippen molar-refractivity contribution in [3.63, 3.8) is 0 Å². The van der Waals surface area contributed by atoms with Gasteiger partial charge in [0.2, 0.25) is 0 Å². The van der Waals surface area contributed by atoms with Crippen LogP contribution in [0.3, 0.4) is 0 Å². The summed E-state index contributed by atoms with van der Waals surface area (Å²) in [5.41, 5.74) is -1.97. The van der Waals surface area contributed by atoms with Gasteiger partial charge < -0.3 is 4.74 Å². The van der Waals surface area contributed by atoms with Gasteiger partial charge in [0.05, 0.1) is 74.0 Å². The topological polar surface area (TPSA) is 9.23 Å². The van der Waals surface area contributed by atoms with Gasteiger partial charge in [0.1, 0.15) is 7.85 Å². The fraction of sp³-hybridized carbons (Fsp3) is 0.889. The molecule has 2 aliphatic carbocycles. The molecule has 1 saturated heterocycles. The Morgan fingerprint density at radius 1 is 0.871 bits per heavy atom. The molecule has 0 N–H and O–H groups in total. The van der Waals surface area contributed by atoms with Crippen molar-refractivity contribution >= 4 is 94.2 Å². The van der Waals surface area contributed by atoms with Gasteiger partial charge in [-0.1, -0.05) is 29.3 Å². The molecule has 0 amide bonds. The number of allylic oxidation sites excluding steroid dienone is 1. The third-order valence-electron chi connectivity index (χ3n) is 8.33. The second kappa shape index (κ2) is 6.79. The summed E-state index contributed by atoms with van der Waals surface area (Å²) >= 11 is 0. The van der Waals surface area contributed by atoms with Gasteiger partial charge in [0, 0.05) is 23.5 Å². The van der Waals surface area contributed by atoms with Gasteiger partial charge in [-0.2, -0.15) is 0 Å². The van der Waals surface area contributed by atoms with Crippen molar-refractivity contribution in [3.05, 3.63) is 11.0 Å². The fourth-order valence-corrected chi connectivity index (χ4v) is 6.02. The summed E-state index contributed by atoms with van der Waals surface area (Å²) in [6.45, 7) is 6.03. The summed E-state index contributed by atoms with van der Waals surface area (Å²) in [5.74, 6) is 0.199. The van der Waals surface area contributed by atoms with E-state index < -0.39 is 42.6 Å². The van der Waals surface area contributed by atoms with Gasteiger partial charge in [0.25, 0.3) is 0 Å². The Morgan fingerprint density at radius 3 is 1.87 bits per heavy atom.